The Hall–Kier alpha value is -1.56. The van der Waals surface area contributed by atoms with Crippen molar-refractivity contribution in [1.82, 2.24) is 0 Å². The van der Waals surface area contributed by atoms with Gasteiger partial charge in [-0.05, 0) is 6.07 Å². The van der Waals surface area contributed by atoms with Crippen molar-refractivity contribution in [3.05, 3.63) is 39.9 Å². The molecule has 0 fully saturated rings. The van der Waals surface area contributed by atoms with Crippen LogP contribution in [0.3, 0.4) is 0 Å². The van der Waals surface area contributed by atoms with Crippen LogP contribution in [-0.4, -0.2) is 16.5 Å². The van der Waals surface area contributed by atoms with Crippen molar-refractivity contribution in [2.24, 2.45) is 0 Å². The van der Waals surface area contributed by atoms with E-state index in [1.807, 2.05) is 0 Å². The van der Waals surface area contributed by atoms with Gasteiger partial charge in [0.25, 0.3) is 12.1 Å². The number of para-hydroxylation sites is 1. The highest BCUT2D eigenvalue weighted by Gasteiger charge is 2.26. The number of halogens is 2. The van der Waals surface area contributed by atoms with Gasteiger partial charge >= 0.3 is 0 Å². The van der Waals surface area contributed by atoms with Crippen molar-refractivity contribution in [3.63, 3.8) is 0 Å². The Kier molecular flexibility index (Phi) is 3.08. The van der Waals surface area contributed by atoms with Crippen molar-refractivity contribution in [2.75, 3.05) is 0 Å². The third-order valence-corrected chi connectivity index (χ3v) is 1.69. The summed E-state index contributed by atoms with van der Waals surface area (Å²) in [4.78, 5) is 9.59. The molecule has 0 saturated carbocycles. The van der Waals surface area contributed by atoms with Crippen molar-refractivity contribution >= 4 is 5.69 Å². The predicted octanol–water partition coefficient (Wildman–Crippen LogP) is 1.89. The monoisotopic (exact) mass is 203 g/mol. The van der Waals surface area contributed by atoms with Crippen molar-refractivity contribution in [3.8, 4) is 0 Å². The molecule has 0 amide bonds. The molecule has 14 heavy (non-hydrogen) atoms. The lowest BCUT2D eigenvalue weighted by atomic mass is 10.1. The van der Waals surface area contributed by atoms with Crippen LogP contribution < -0.4 is 0 Å². The molecule has 0 aromatic heterocycles. The quantitative estimate of drug-likeness (QED) is 0.602. The van der Waals surface area contributed by atoms with Gasteiger partial charge < -0.3 is 5.11 Å². The minimum atomic E-state index is -3.03. The minimum absolute atomic E-state index is 0.368. The first-order valence-corrected chi connectivity index (χ1v) is 3.73. The molecule has 0 radical (unpaired) electrons. The fourth-order valence-electron chi connectivity index (χ4n) is 1.04. The molecule has 0 bridgehead atoms. The van der Waals surface area contributed by atoms with Gasteiger partial charge in [-0.3, -0.25) is 10.1 Å². The van der Waals surface area contributed by atoms with Crippen LogP contribution in [0.5, 0.6) is 0 Å². The zero-order chi connectivity index (χ0) is 10.7. The van der Waals surface area contributed by atoms with Gasteiger partial charge in [-0.25, -0.2) is 8.78 Å². The van der Waals surface area contributed by atoms with Gasteiger partial charge in [0, 0.05) is 6.07 Å². The van der Waals surface area contributed by atoms with Crippen LogP contribution in [0.1, 0.15) is 11.7 Å². The number of rotatable bonds is 3. The number of aliphatic hydroxyl groups is 1. The van der Waals surface area contributed by atoms with Crippen molar-refractivity contribution in [2.45, 2.75) is 12.5 Å². The molecule has 1 rings (SSSR count). The highest BCUT2D eigenvalue weighted by Crippen LogP contribution is 2.28. The van der Waals surface area contributed by atoms with Gasteiger partial charge in [-0.2, -0.15) is 0 Å². The molecule has 76 valence electrons. The third-order valence-electron chi connectivity index (χ3n) is 1.69. The number of hydrogen-bond acceptors (Lipinski definition) is 3. The lowest BCUT2D eigenvalue weighted by Gasteiger charge is -2.09. The molecule has 0 saturated heterocycles. The van der Waals surface area contributed by atoms with Crippen LogP contribution in [0, 0.1) is 10.1 Å². The number of hydrogen-bond donors (Lipinski definition) is 1. The summed E-state index contributed by atoms with van der Waals surface area (Å²) in [5.41, 5.74) is -0.868. The molecular formula is C8H7F2NO3. The highest BCUT2D eigenvalue weighted by molar-refractivity contribution is 5.41. The molecule has 1 atom stereocenters. The van der Waals surface area contributed by atoms with Crippen molar-refractivity contribution in [1.29, 1.82) is 0 Å². The van der Waals surface area contributed by atoms with Gasteiger partial charge in [0.15, 0.2) is 0 Å². The van der Waals surface area contributed by atoms with E-state index in [2.05, 4.69) is 0 Å². The number of alkyl halides is 2. The van der Waals surface area contributed by atoms with Crippen LogP contribution in [0.4, 0.5) is 14.5 Å². The summed E-state index contributed by atoms with van der Waals surface area (Å²) in [5.74, 6) is 0. The Morgan fingerprint density at radius 2 is 1.93 bits per heavy atom. The van der Waals surface area contributed by atoms with E-state index in [1.54, 1.807) is 0 Å². The molecule has 4 nitrogen and oxygen atoms in total. The third kappa shape index (κ3) is 2.02. The maximum Gasteiger partial charge on any atom is 0.275 e. The van der Waals surface area contributed by atoms with Gasteiger partial charge in [0.2, 0.25) is 0 Å². The smallest absolute Gasteiger partial charge is 0.275 e. The van der Waals surface area contributed by atoms with E-state index >= 15 is 0 Å². The molecule has 0 heterocycles. The molecule has 0 aliphatic heterocycles. The molecule has 0 aliphatic carbocycles. The Labute approximate surface area is 77.9 Å². The van der Waals surface area contributed by atoms with Gasteiger partial charge in [0.05, 0.1) is 10.5 Å². The summed E-state index contributed by atoms with van der Waals surface area (Å²) >= 11 is 0. The predicted molar refractivity (Wildman–Crippen MR) is 44.1 cm³/mol. The van der Waals surface area contributed by atoms with Gasteiger partial charge in [-0.1, -0.05) is 12.1 Å². The molecule has 1 aromatic carbocycles. The number of aliphatic hydroxyl groups excluding tert-OH is 1. The van der Waals surface area contributed by atoms with E-state index in [1.165, 1.54) is 12.1 Å². The van der Waals surface area contributed by atoms with E-state index in [-0.39, 0.29) is 5.56 Å². The zero-order valence-electron chi connectivity index (χ0n) is 6.93. The number of nitro groups is 1. The van der Waals surface area contributed by atoms with E-state index in [9.17, 15) is 18.9 Å². The van der Waals surface area contributed by atoms with Crippen LogP contribution in [0.2, 0.25) is 0 Å². The summed E-state index contributed by atoms with van der Waals surface area (Å²) in [6.07, 6.45) is -5.15. The molecule has 0 spiro atoms. The average Bonchev–Trinajstić information content (AvgIpc) is 2.16. The molecule has 0 unspecified atom stereocenters. The van der Waals surface area contributed by atoms with E-state index in [0.29, 0.717) is 0 Å². The number of nitrogens with zero attached hydrogens (tertiary/aromatic N) is 1. The summed E-state index contributed by atoms with van der Waals surface area (Å²) in [6, 6.07) is 4.88. The Morgan fingerprint density at radius 1 is 1.36 bits per heavy atom. The maximum absolute atomic E-state index is 12.1. The van der Waals surface area contributed by atoms with Crippen LogP contribution in [-0.2, 0) is 0 Å². The SMILES string of the molecule is O=[N+]([O-])c1ccccc1[C@H](O)C(F)F. The molecule has 0 aliphatic rings. The summed E-state index contributed by atoms with van der Waals surface area (Å²) in [7, 11) is 0. The first-order valence-electron chi connectivity index (χ1n) is 3.73. The lowest BCUT2D eigenvalue weighted by Crippen LogP contribution is -2.10. The highest BCUT2D eigenvalue weighted by atomic mass is 19.3. The van der Waals surface area contributed by atoms with E-state index < -0.39 is 23.1 Å². The van der Waals surface area contributed by atoms with Crippen molar-refractivity contribution < 1.29 is 18.8 Å². The number of benzene rings is 1. The first-order chi connectivity index (χ1) is 6.54. The molecule has 1 aromatic rings. The standard InChI is InChI=1S/C8H7F2NO3/c9-8(10)7(12)5-3-1-2-4-6(5)11(13)14/h1-4,7-8,12H/t7-/m0/s1. The number of nitro benzene ring substituents is 1. The largest absolute Gasteiger partial charge is 0.382 e. The Morgan fingerprint density at radius 3 is 2.43 bits per heavy atom. The fraction of sp³-hybridized carbons (Fsp3) is 0.250. The summed E-state index contributed by atoms with van der Waals surface area (Å²) in [5, 5.41) is 19.4. The second kappa shape index (κ2) is 4.10. The van der Waals surface area contributed by atoms with Crippen LogP contribution in [0.25, 0.3) is 0 Å². The average molecular weight is 203 g/mol. The molecule has 6 heteroatoms. The second-order valence-corrected chi connectivity index (χ2v) is 2.60. The van der Waals surface area contributed by atoms with Gasteiger partial charge in [-0.15, -0.1) is 0 Å². The zero-order valence-corrected chi connectivity index (χ0v) is 6.93. The maximum atomic E-state index is 12.1. The molecular weight excluding hydrogens is 196 g/mol. The van der Waals surface area contributed by atoms with Crippen LogP contribution >= 0.6 is 0 Å². The molecule has 1 N–H and O–H groups in total. The van der Waals surface area contributed by atoms with E-state index in [0.717, 1.165) is 12.1 Å². The summed E-state index contributed by atoms with van der Waals surface area (Å²) < 4.78 is 24.2. The lowest BCUT2D eigenvalue weighted by molar-refractivity contribution is -0.386. The topological polar surface area (TPSA) is 63.4 Å². The normalized spacial score (nSPS) is 12.9. The Balaban J connectivity index is 3.13. The van der Waals surface area contributed by atoms with E-state index in [4.69, 9.17) is 5.11 Å². The summed E-state index contributed by atoms with van der Waals surface area (Å²) in [6.45, 7) is 0. The van der Waals surface area contributed by atoms with Crippen LogP contribution in [0.15, 0.2) is 24.3 Å². The Bertz CT molecular complexity index is 343. The first kappa shape index (κ1) is 10.5. The second-order valence-electron chi connectivity index (χ2n) is 2.60. The fourth-order valence-corrected chi connectivity index (χ4v) is 1.04. The minimum Gasteiger partial charge on any atom is -0.382 e. The van der Waals surface area contributed by atoms with Gasteiger partial charge in [0.1, 0.15) is 6.10 Å².